The van der Waals surface area contributed by atoms with Gasteiger partial charge in [0.25, 0.3) is 0 Å². The number of amides is 1. The highest BCUT2D eigenvalue weighted by molar-refractivity contribution is 7.89. The SMILES string of the molecule is C[C@@H](NS(=O)(=O)c1ccccc1C(F)(F)F)C(=O)NCc1ccc(Cn2ccnc2)cc1. The molecular weight excluding hydrogens is 445 g/mol. The maximum atomic E-state index is 13.1. The van der Waals surface area contributed by atoms with E-state index in [0.717, 1.165) is 23.3 Å². The normalized spacial score (nSPS) is 13.0. The van der Waals surface area contributed by atoms with Crippen molar-refractivity contribution in [3.63, 3.8) is 0 Å². The Kier molecular flexibility index (Phi) is 6.99. The first-order valence-electron chi connectivity index (χ1n) is 9.56. The minimum Gasteiger partial charge on any atom is -0.351 e. The zero-order chi connectivity index (χ0) is 23.4. The molecule has 170 valence electrons. The third-order valence-electron chi connectivity index (χ3n) is 4.62. The summed E-state index contributed by atoms with van der Waals surface area (Å²) in [5, 5.41) is 2.58. The Labute approximate surface area is 183 Å². The monoisotopic (exact) mass is 466 g/mol. The van der Waals surface area contributed by atoms with Gasteiger partial charge in [-0.05, 0) is 30.2 Å². The zero-order valence-corrected chi connectivity index (χ0v) is 17.8. The lowest BCUT2D eigenvalue weighted by molar-refractivity contribution is -0.139. The summed E-state index contributed by atoms with van der Waals surface area (Å²) in [5.74, 6) is -0.666. The number of carbonyl (C=O) groups excluding carboxylic acids is 1. The standard InChI is InChI=1S/C21H21F3N4O3S/c1-15(27-32(30,31)19-5-3-2-4-18(19)21(22,23)24)20(29)26-12-16-6-8-17(9-7-16)13-28-11-10-25-14-28/h2-11,14-15,27H,12-13H2,1H3,(H,26,29)/t15-/m1/s1. The van der Waals surface area contributed by atoms with Crippen LogP contribution < -0.4 is 10.0 Å². The van der Waals surface area contributed by atoms with Crippen LogP contribution in [0.15, 0.2) is 72.1 Å². The highest BCUT2D eigenvalue weighted by Crippen LogP contribution is 2.33. The molecule has 1 atom stereocenters. The molecule has 3 aromatic rings. The van der Waals surface area contributed by atoms with Crippen LogP contribution in [0.5, 0.6) is 0 Å². The van der Waals surface area contributed by atoms with Crippen molar-refractivity contribution >= 4 is 15.9 Å². The zero-order valence-electron chi connectivity index (χ0n) is 17.0. The molecule has 2 N–H and O–H groups in total. The summed E-state index contributed by atoms with van der Waals surface area (Å²) < 4.78 is 68.3. The first kappa shape index (κ1) is 23.5. The Balaban J connectivity index is 1.59. The van der Waals surface area contributed by atoms with Crippen LogP contribution in [0.1, 0.15) is 23.6 Å². The lowest BCUT2D eigenvalue weighted by Gasteiger charge is -2.17. The van der Waals surface area contributed by atoms with Gasteiger partial charge < -0.3 is 9.88 Å². The van der Waals surface area contributed by atoms with Crippen molar-refractivity contribution in [1.82, 2.24) is 19.6 Å². The Morgan fingerprint density at radius 3 is 2.38 bits per heavy atom. The molecule has 2 aromatic carbocycles. The maximum absolute atomic E-state index is 13.1. The summed E-state index contributed by atoms with van der Waals surface area (Å²) in [6.45, 7) is 2.04. The fourth-order valence-electron chi connectivity index (χ4n) is 2.98. The first-order valence-corrected chi connectivity index (χ1v) is 11.0. The molecule has 0 aliphatic carbocycles. The molecule has 0 spiro atoms. The number of nitrogens with zero attached hydrogens (tertiary/aromatic N) is 2. The predicted molar refractivity (Wildman–Crippen MR) is 111 cm³/mol. The molecule has 0 fully saturated rings. The molecule has 7 nitrogen and oxygen atoms in total. The molecule has 0 saturated carbocycles. The molecule has 11 heteroatoms. The second-order valence-electron chi connectivity index (χ2n) is 7.11. The van der Waals surface area contributed by atoms with Crippen molar-refractivity contribution < 1.29 is 26.4 Å². The van der Waals surface area contributed by atoms with Crippen LogP contribution in [0, 0.1) is 0 Å². The summed E-state index contributed by atoms with van der Waals surface area (Å²) in [4.78, 5) is 15.4. The summed E-state index contributed by atoms with van der Waals surface area (Å²) in [6, 6.07) is 9.95. The number of hydrogen-bond donors (Lipinski definition) is 2. The molecule has 0 saturated heterocycles. The summed E-state index contributed by atoms with van der Waals surface area (Å²) in [5.41, 5.74) is 0.517. The van der Waals surface area contributed by atoms with Gasteiger partial charge in [-0.25, -0.2) is 13.4 Å². The smallest absolute Gasteiger partial charge is 0.351 e. The number of halogens is 3. The van der Waals surface area contributed by atoms with Gasteiger partial charge in [-0.3, -0.25) is 4.79 Å². The summed E-state index contributed by atoms with van der Waals surface area (Å²) >= 11 is 0. The van der Waals surface area contributed by atoms with E-state index in [1.54, 1.807) is 12.5 Å². The lowest BCUT2D eigenvalue weighted by Crippen LogP contribution is -2.44. The molecule has 3 rings (SSSR count). The van der Waals surface area contributed by atoms with Gasteiger partial charge in [0.2, 0.25) is 15.9 Å². The van der Waals surface area contributed by atoms with E-state index in [4.69, 9.17) is 0 Å². The van der Waals surface area contributed by atoms with Gasteiger partial charge in [-0.1, -0.05) is 36.4 Å². The maximum Gasteiger partial charge on any atom is 0.417 e. The van der Waals surface area contributed by atoms with E-state index >= 15 is 0 Å². The van der Waals surface area contributed by atoms with Gasteiger partial charge >= 0.3 is 6.18 Å². The molecule has 1 heterocycles. The number of hydrogen-bond acceptors (Lipinski definition) is 4. The van der Waals surface area contributed by atoms with Crippen LogP contribution in [0.2, 0.25) is 0 Å². The van der Waals surface area contributed by atoms with E-state index in [9.17, 15) is 26.4 Å². The molecule has 0 bridgehead atoms. The van der Waals surface area contributed by atoms with Crippen LogP contribution in [-0.4, -0.2) is 29.9 Å². The third kappa shape index (κ3) is 5.95. The molecule has 0 radical (unpaired) electrons. The Morgan fingerprint density at radius 2 is 1.75 bits per heavy atom. The molecule has 0 aliphatic rings. The number of alkyl halides is 3. The van der Waals surface area contributed by atoms with E-state index in [2.05, 4.69) is 10.3 Å². The number of nitrogens with one attached hydrogen (secondary N) is 2. The topological polar surface area (TPSA) is 93.1 Å². The van der Waals surface area contributed by atoms with Crippen molar-refractivity contribution in [2.75, 3.05) is 0 Å². The Hall–Kier alpha value is -3.18. The minimum atomic E-state index is -4.85. The number of rotatable bonds is 8. The highest BCUT2D eigenvalue weighted by Gasteiger charge is 2.37. The average molecular weight is 466 g/mol. The second-order valence-corrected chi connectivity index (χ2v) is 8.79. The molecule has 1 amide bonds. The van der Waals surface area contributed by atoms with Gasteiger partial charge in [-0.15, -0.1) is 0 Å². The van der Waals surface area contributed by atoms with Gasteiger partial charge in [0.05, 0.1) is 22.8 Å². The minimum absolute atomic E-state index is 0.134. The van der Waals surface area contributed by atoms with E-state index < -0.39 is 38.6 Å². The first-order chi connectivity index (χ1) is 15.1. The van der Waals surface area contributed by atoms with Crippen LogP contribution in [0.3, 0.4) is 0 Å². The van der Waals surface area contributed by atoms with Crippen molar-refractivity contribution in [2.24, 2.45) is 0 Å². The highest BCUT2D eigenvalue weighted by atomic mass is 32.2. The predicted octanol–water partition coefficient (Wildman–Crippen LogP) is 2.93. The molecular formula is C21H21F3N4O3S. The van der Waals surface area contributed by atoms with Crippen LogP contribution >= 0.6 is 0 Å². The summed E-state index contributed by atoms with van der Waals surface area (Å²) in [6.07, 6.45) is 0.370. The van der Waals surface area contributed by atoms with E-state index in [1.807, 2.05) is 39.8 Å². The van der Waals surface area contributed by atoms with Crippen molar-refractivity contribution in [3.8, 4) is 0 Å². The molecule has 1 aromatic heterocycles. The fourth-order valence-corrected chi connectivity index (χ4v) is 4.41. The van der Waals surface area contributed by atoms with Gasteiger partial charge in [0, 0.05) is 25.5 Å². The van der Waals surface area contributed by atoms with E-state index in [0.29, 0.717) is 12.6 Å². The van der Waals surface area contributed by atoms with Crippen LogP contribution in [-0.2, 0) is 34.1 Å². The van der Waals surface area contributed by atoms with Crippen molar-refractivity contribution in [2.45, 2.75) is 37.1 Å². The van der Waals surface area contributed by atoms with Gasteiger partial charge in [-0.2, -0.15) is 17.9 Å². The fraction of sp³-hybridized carbons (Fsp3) is 0.238. The van der Waals surface area contributed by atoms with E-state index in [-0.39, 0.29) is 6.54 Å². The summed E-state index contributed by atoms with van der Waals surface area (Å²) in [7, 11) is -4.57. The molecule has 0 aliphatic heterocycles. The van der Waals surface area contributed by atoms with Gasteiger partial charge in [0.15, 0.2) is 0 Å². The van der Waals surface area contributed by atoms with Crippen molar-refractivity contribution in [1.29, 1.82) is 0 Å². The molecule has 32 heavy (non-hydrogen) atoms. The average Bonchev–Trinajstić information content (AvgIpc) is 3.25. The number of carbonyl (C=O) groups is 1. The Bertz CT molecular complexity index is 1160. The Morgan fingerprint density at radius 1 is 1.09 bits per heavy atom. The number of imidazole rings is 1. The second kappa shape index (κ2) is 9.53. The lowest BCUT2D eigenvalue weighted by atomic mass is 10.1. The van der Waals surface area contributed by atoms with E-state index in [1.165, 1.54) is 13.0 Å². The number of benzene rings is 2. The van der Waals surface area contributed by atoms with Gasteiger partial charge in [0.1, 0.15) is 0 Å². The quantitative estimate of drug-likeness (QED) is 0.534. The van der Waals surface area contributed by atoms with Crippen LogP contribution in [0.25, 0.3) is 0 Å². The van der Waals surface area contributed by atoms with Crippen LogP contribution in [0.4, 0.5) is 13.2 Å². The third-order valence-corrected chi connectivity index (χ3v) is 6.22. The van der Waals surface area contributed by atoms with Crippen molar-refractivity contribution in [3.05, 3.63) is 83.9 Å². The largest absolute Gasteiger partial charge is 0.417 e. The number of aromatic nitrogens is 2. The number of sulfonamides is 1. The molecule has 0 unspecified atom stereocenters.